The Morgan fingerprint density at radius 1 is 0.933 bits per heavy atom. The highest BCUT2D eigenvalue weighted by Gasteiger charge is 2.21. The highest BCUT2D eigenvalue weighted by Crippen LogP contribution is 2.19. The molecule has 2 aromatic rings. The van der Waals surface area contributed by atoms with Gasteiger partial charge in [0.2, 0.25) is 0 Å². The van der Waals surface area contributed by atoms with E-state index in [0.717, 1.165) is 11.1 Å². The van der Waals surface area contributed by atoms with Crippen molar-refractivity contribution in [2.45, 2.75) is 27.7 Å². The average Bonchev–Trinajstić information content (AvgIpc) is 2.71. The minimum Gasteiger partial charge on any atom is -0.452 e. The Balaban J connectivity index is 2.07. The smallest absolute Gasteiger partial charge is 0.339 e. The number of rotatable bonds is 7. The maximum Gasteiger partial charge on any atom is 0.339 e. The third kappa shape index (κ3) is 6.27. The maximum absolute atomic E-state index is 13.0. The molecule has 0 atom stereocenters. The second-order valence-corrected chi connectivity index (χ2v) is 7.42. The van der Waals surface area contributed by atoms with Gasteiger partial charge in [-0.3, -0.25) is 14.9 Å². The minimum absolute atomic E-state index is 0.0560. The molecule has 0 aliphatic heterocycles. The molecular weight excluding hydrogens is 384 g/mol. The van der Waals surface area contributed by atoms with Gasteiger partial charge in [0.05, 0.1) is 5.56 Å². The molecule has 0 aliphatic carbocycles. The highest BCUT2D eigenvalue weighted by atomic mass is 16.5. The predicted molar refractivity (Wildman–Crippen MR) is 112 cm³/mol. The number of aryl methyl sites for hydroxylation is 2. The normalized spacial score (nSPS) is 10.4. The molecule has 0 saturated carbocycles. The van der Waals surface area contributed by atoms with Crippen LogP contribution in [0, 0.1) is 19.8 Å². The molecule has 0 aromatic heterocycles. The molecule has 3 amide bonds. The fourth-order valence-corrected chi connectivity index (χ4v) is 2.70. The summed E-state index contributed by atoms with van der Waals surface area (Å²) in [6.07, 6.45) is 0. The SMILES string of the molecule is Cc1ccc(C)c(C(=O)c2ccccc2C(=O)OCC(=O)NC(=O)NCC(C)C)c1. The summed E-state index contributed by atoms with van der Waals surface area (Å²) in [7, 11) is 0. The number of nitrogens with one attached hydrogen (secondary N) is 2. The van der Waals surface area contributed by atoms with Crippen LogP contribution in [0.4, 0.5) is 4.79 Å². The van der Waals surface area contributed by atoms with E-state index >= 15 is 0 Å². The molecule has 7 nitrogen and oxygen atoms in total. The number of ketones is 1. The minimum atomic E-state index is -0.818. The molecule has 2 rings (SSSR count). The summed E-state index contributed by atoms with van der Waals surface area (Å²) in [5.41, 5.74) is 2.46. The first-order valence-electron chi connectivity index (χ1n) is 9.64. The molecule has 2 aromatic carbocycles. The molecule has 0 saturated heterocycles. The molecule has 0 unspecified atom stereocenters. The van der Waals surface area contributed by atoms with Crippen LogP contribution in [0.2, 0.25) is 0 Å². The van der Waals surface area contributed by atoms with E-state index in [9.17, 15) is 19.2 Å². The lowest BCUT2D eigenvalue weighted by Crippen LogP contribution is -2.42. The number of hydrogen-bond donors (Lipinski definition) is 2. The number of imide groups is 1. The van der Waals surface area contributed by atoms with Gasteiger partial charge in [-0.05, 0) is 37.5 Å². The van der Waals surface area contributed by atoms with E-state index in [1.807, 2.05) is 39.8 Å². The third-order valence-electron chi connectivity index (χ3n) is 4.29. The fraction of sp³-hybridized carbons (Fsp3) is 0.304. The zero-order valence-electron chi connectivity index (χ0n) is 17.6. The van der Waals surface area contributed by atoms with Gasteiger partial charge >= 0.3 is 12.0 Å². The van der Waals surface area contributed by atoms with Gasteiger partial charge in [-0.15, -0.1) is 0 Å². The van der Waals surface area contributed by atoms with Crippen molar-refractivity contribution in [3.05, 3.63) is 70.3 Å². The van der Waals surface area contributed by atoms with Crippen LogP contribution < -0.4 is 10.6 Å². The van der Waals surface area contributed by atoms with Crippen LogP contribution in [0.5, 0.6) is 0 Å². The van der Waals surface area contributed by atoms with Crippen LogP contribution in [-0.2, 0) is 9.53 Å². The number of carbonyl (C=O) groups excluding carboxylic acids is 4. The van der Waals surface area contributed by atoms with Crippen LogP contribution in [0.15, 0.2) is 42.5 Å². The average molecular weight is 410 g/mol. The molecule has 0 radical (unpaired) electrons. The number of hydrogen-bond acceptors (Lipinski definition) is 5. The van der Waals surface area contributed by atoms with Gasteiger partial charge in [-0.2, -0.15) is 0 Å². The van der Waals surface area contributed by atoms with Crippen LogP contribution in [0.25, 0.3) is 0 Å². The summed E-state index contributed by atoms with van der Waals surface area (Å²) < 4.78 is 5.01. The van der Waals surface area contributed by atoms with E-state index in [1.54, 1.807) is 24.3 Å². The maximum atomic E-state index is 13.0. The lowest BCUT2D eigenvalue weighted by molar-refractivity contribution is -0.123. The predicted octanol–water partition coefficient (Wildman–Crippen LogP) is 3.17. The number of benzene rings is 2. The number of carbonyl (C=O) groups is 4. The fourth-order valence-electron chi connectivity index (χ4n) is 2.70. The van der Waals surface area contributed by atoms with Crippen molar-refractivity contribution < 1.29 is 23.9 Å². The van der Waals surface area contributed by atoms with Crippen molar-refractivity contribution in [2.24, 2.45) is 5.92 Å². The quantitative estimate of drug-likeness (QED) is 0.539. The number of amides is 3. The lowest BCUT2D eigenvalue weighted by atomic mass is 9.94. The largest absolute Gasteiger partial charge is 0.452 e. The lowest BCUT2D eigenvalue weighted by Gasteiger charge is -2.11. The summed E-state index contributed by atoms with van der Waals surface area (Å²) >= 11 is 0. The van der Waals surface area contributed by atoms with Crippen LogP contribution in [0.1, 0.15) is 51.3 Å². The Bertz CT molecular complexity index is 966. The Kier molecular flexibility index (Phi) is 7.86. The summed E-state index contributed by atoms with van der Waals surface area (Å²) in [6.45, 7) is 7.31. The Hall–Kier alpha value is -3.48. The second kappa shape index (κ2) is 10.3. The molecule has 0 heterocycles. The summed E-state index contributed by atoms with van der Waals surface area (Å²) in [5, 5.41) is 4.61. The van der Waals surface area contributed by atoms with Gasteiger partial charge in [0.15, 0.2) is 12.4 Å². The van der Waals surface area contributed by atoms with E-state index < -0.39 is 24.5 Å². The van der Waals surface area contributed by atoms with Gasteiger partial charge in [0, 0.05) is 17.7 Å². The van der Waals surface area contributed by atoms with E-state index in [4.69, 9.17) is 4.74 Å². The van der Waals surface area contributed by atoms with Crippen LogP contribution in [0.3, 0.4) is 0 Å². The number of urea groups is 1. The van der Waals surface area contributed by atoms with Crippen molar-refractivity contribution in [3.8, 4) is 0 Å². The number of ether oxygens (including phenoxy) is 1. The van der Waals surface area contributed by atoms with Gasteiger partial charge in [0.25, 0.3) is 5.91 Å². The standard InChI is InChI=1S/C23H26N2O5/c1-14(2)12-24-23(29)25-20(26)13-30-22(28)18-8-6-5-7-17(18)21(27)19-11-15(3)9-10-16(19)4/h5-11,14H,12-13H2,1-4H3,(H2,24,25,26,29). The highest BCUT2D eigenvalue weighted by molar-refractivity contribution is 6.15. The molecule has 7 heteroatoms. The van der Waals surface area contributed by atoms with Gasteiger partial charge in [0.1, 0.15) is 0 Å². The molecular formula is C23H26N2O5. The Labute approximate surface area is 175 Å². The Morgan fingerprint density at radius 3 is 2.27 bits per heavy atom. The van der Waals surface area contributed by atoms with Crippen molar-refractivity contribution >= 4 is 23.7 Å². The summed E-state index contributed by atoms with van der Waals surface area (Å²) in [6, 6.07) is 11.1. The summed E-state index contributed by atoms with van der Waals surface area (Å²) in [4.78, 5) is 49.0. The monoisotopic (exact) mass is 410 g/mol. The van der Waals surface area contributed by atoms with Crippen molar-refractivity contribution in [1.82, 2.24) is 10.6 Å². The van der Waals surface area contributed by atoms with E-state index in [1.165, 1.54) is 6.07 Å². The van der Waals surface area contributed by atoms with Gasteiger partial charge in [-0.25, -0.2) is 9.59 Å². The van der Waals surface area contributed by atoms with Crippen LogP contribution in [-0.4, -0.2) is 36.8 Å². The van der Waals surface area contributed by atoms with E-state index in [2.05, 4.69) is 10.6 Å². The number of esters is 1. The Morgan fingerprint density at radius 2 is 1.60 bits per heavy atom. The first-order valence-corrected chi connectivity index (χ1v) is 9.64. The van der Waals surface area contributed by atoms with Crippen LogP contribution >= 0.6 is 0 Å². The zero-order valence-corrected chi connectivity index (χ0v) is 17.6. The topological polar surface area (TPSA) is 102 Å². The second-order valence-electron chi connectivity index (χ2n) is 7.42. The third-order valence-corrected chi connectivity index (χ3v) is 4.29. The molecule has 2 N–H and O–H groups in total. The molecule has 30 heavy (non-hydrogen) atoms. The molecule has 0 bridgehead atoms. The first-order chi connectivity index (χ1) is 14.2. The van der Waals surface area contributed by atoms with Crippen molar-refractivity contribution in [1.29, 1.82) is 0 Å². The van der Waals surface area contributed by atoms with Crippen molar-refractivity contribution in [3.63, 3.8) is 0 Å². The van der Waals surface area contributed by atoms with Gasteiger partial charge < -0.3 is 10.1 Å². The summed E-state index contributed by atoms with van der Waals surface area (Å²) in [5.74, 6) is -1.65. The zero-order chi connectivity index (χ0) is 22.3. The molecule has 158 valence electrons. The first kappa shape index (κ1) is 22.8. The van der Waals surface area contributed by atoms with E-state index in [0.29, 0.717) is 12.1 Å². The molecule has 0 fully saturated rings. The molecule has 0 aliphatic rings. The van der Waals surface area contributed by atoms with Gasteiger partial charge in [-0.1, -0.05) is 49.7 Å². The van der Waals surface area contributed by atoms with Crippen molar-refractivity contribution in [2.75, 3.05) is 13.2 Å². The molecule has 0 spiro atoms. The van der Waals surface area contributed by atoms with E-state index in [-0.39, 0.29) is 22.8 Å².